The second-order valence-electron chi connectivity index (χ2n) is 9.85. The van der Waals surface area contributed by atoms with Crippen LogP contribution in [0.1, 0.15) is 69.0 Å². The van der Waals surface area contributed by atoms with Crippen LogP contribution in [0.15, 0.2) is 72.1 Å². The van der Waals surface area contributed by atoms with Gasteiger partial charge in [0, 0.05) is 29.2 Å². The number of primary amides is 1. The number of carbonyl (C=O) groups excluding carboxylic acids is 2. The van der Waals surface area contributed by atoms with E-state index in [0.717, 1.165) is 27.9 Å². The molecule has 1 heterocycles. The normalized spacial score (nSPS) is 21.5. The largest absolute Gasteiger partial charge is 0.508 e. The molecular formula is C29H25N3O3S. The van der Waals surface area contributed by atoms with Crippen LogP contribution < -0.4 is 11.1 Å². The van der Waals surface area contributed by atoms with Gasteiger partial charge in [-0.15, -0.1) is 11.3 Å². The fourth-order valence-corrected chi connectivity index (χ4v) is 6.73. The van der Waals surface area contributed by atoms with Gasteiger partial charge in [0.1, 0.15) is 5.75 Å². The van der Waals surface area contributed by atoms with Crippen molar-refractivity contribution in [3.63, 3.8) is 0 Å². The third-order valence-electron chi connectivity index (χ3n) is 7.63. The highest BCUT2D eigenvalue weighted by atomic mass is 32.1. The van der Waals surface area contributed by atoms with Gasteiger partial charge in [0.2, 0.25) is 11.8 Å². The predicted octanol–water partition coefficient (Wildman–Crippen LogP) is 5.16. The summed E-state index contributed by atoms with van der Waals surface area (Å²) in [7, 11) is 0. The average molecular weight is 496 g/mol. The Bertz CT molecular complexity index is 1510. The first kappa shape index (κ1) is 22.5. The highest BCUT2D eigenvalue weighted by molar-refractivity contribution is 7.13. The zero-order valence-electron chi connectivity index (χ0n) is 19.7. The van der Waals surface area contributed by atoms with E-state index in [2.05, 4.69) is 22.4 Å². The van der Waals surface area contributed by atoms with E-state index in [9.17, 15) is 14.7 Å². The van der Waals surface area contributed by atoms with Crippen LogP contribution in [0.2, 0.25) is 0 Å². The number of aromatic nitrogens is 1. The second kappa shape index (κ2) is 8.31. The minimum atomic E-state index is -0.717. The molecule has 7 rings (SSSR count). The van der Waals surface area contributed by atoms with E-state index in [0.29, 0.717) is 23.5 Å². The summed E-state index contributed by atoms with van der Waals surface area (Å²) in [6.07, 6.45) is 1.20. The van der Waals surface area contributed by atoms with E-state index in [1.807, 2.05) is 48.7 Å². The topological polar surface area (TPSA) is 105 Å². The van der Waals surface area contributed by atoms with Gasteiger partial charge in [-0.05, 0) is 59.4 Å². The lowest BCUT2D eigenvalue weighted by molar-refractivity contribution is -0.126. The fourth-order valence-electron chi connectivity index (χ4n) is 6.03. The summed E-state index contributed by atoms with van der Waals surface area (Å²) in [6, 6.07) is 20.9. The van der Waals surface area contributed by atoms with Crippen molar-refractivity contribution in [2.24, 2.45) is 11.1 Å². The lowest BCUT2D eigenvalue weighted by Crippen LogP contribution is -2.47. The van der Waals surface area contributed by atoms with Crippen molar-refractivity contribution in [3.05, 3.63) is 111 Å². The maximum absolute atomic E-state index is 13.9. The third kappa shape index (κ3) is 3.50. The molecule has 180 valence electrons. The van der Waals surface area contributed by atoms with Crippen LogP contribution in [0, 0.1) is 5.41 Å². The van der Waals surface area contributed by atoms with E-state index in [1.165, 1.54) is 16.9 Å². The summed E-state index contributed by atoms with van der Waals surface area (Å²) >= 11 is 1.41. The lowest BCUT2D eigenvalue weighted by Gasteiger charge is -2.51. The molecule has 0 fully saturated rings. The van der Waals surface area contributed by atoms with Crippen LogP contribution in [0.5, 0.6) is 5.75 Å². The Morgan fingerprint density at radius 1 is 1.06 bits per heavy atom. The SMILES string of the molecule is CC1(C(=O)Nc2nc(Cc3ccc(O)cc3)cs2)CC2c3ccccc3C1c1cccc(C(N)=O)c12. The monoisotopic (exact) mass is 495 g/mol. The molecule has 0 radical (unpaired) electrons. The Labute approximate surface area is 212 Å². The zero-order valence-corrected chi connectivity index (χ0v) is 20.5. The van der Waals surface area contributed by atoms with E-state index in [-0.39, 0.29) is 23.5 Å². The molecular weight excluding hydrogens is 470 g/mol. The second-order valence-corrected chi connectivity index (χ2v) is 10.7. The van der Waals surface area contributed by atoms with Crippen LogP contribution in [0.25, 0.3) is 0 Å². The summed E-state index contributed by atoms with van der Waals surface area (Å²) in [5.74, 6) is -0.558. The highest BCUT2D eigenvalue weighted by Crippen LogP contribution is 2.61. The molecule has 0 saturated heterocycles. The summed E-state index contributed by atoms with van der Waals surface area (Å²) in [5, 5.41) is 15.1. The molecule has 0 aliphatic heterocycles. The Kier molecular flexibility index (Phi) is 5.19. The van der Waals surface area contributed by atoms with Gasteiger partial charge in [0.05, 0.1) is 11.1 Å². The molecule has 3 aliphatic rings. The van der Waals surface area contributed by atoms with Crippen LogP contribution in [0.3, 0.4) is 0 Å². The summed E-state index contributed by atoms with van der Waals surface area (Å²) in [4.78, 5) is 30.8. The fraction of sp³-hybridized carbons (Fsp3) is 0.207. The first-order valence-electron chi connectivity index (χ1n) is 11.9. The maximum Gasteiger partial charge on any atom is 0.249 e. The minimum Gasteiger partial charge on any atom is -0.508 e. The van der Waals surface area contributed by atoms with Gasteiger partial charge < -0.3 is 16.2 Å². The molecule has 6 nitrogen and oxygen atoms in total. The van der Waals surface area contributed by atoms with Crippen molar-refractivity contribution < 1.29 is 14.7 Å². The van der Waals surface area contributed by atoms with Crippen molar-refractivity contribution in [3.8, 4) is 5.75 Å². The number of fused-ring (bicyclic) bond motifs is 1. The average Bonchev–Trinajstić information content (AvgIpc) is 3.31. The third-order valence-corrected chi connectivity index (χ3v) is 8.43. The van der Waals surface area contributed by atoms with Crippen molar-refractivity contribution in [2.75, 3.05) is 5.32 Å². The number of hydrogen-bond acceptors (Lipinski definition) is 5. The van der Waals surface area contributed by atoms with Crippen molar-refractivity contribution in [1.29, 1.82) is 0 Å². The molecule has 36 heavy (non-hydrogen) atoms. The quantitative estimate of drug-likeness (QED) is 0.355. The first-order chi connectivity index (χ1) is 17.3. The van der Waals surface area contributed by atoms with Crippen LogP contribution in [0.4, 0.5) is 5.13 Å². The van der Waals surface area contributed by atoms with Gasteiger partial charge in [-0.3, -0.25) is 9.59 Å². The van der Waals surface area contributed by atoms with Crippen LogP contribution >= 0.6 is 11.3 Å². The Morgan fingerprint density at radius 3 is 2.53 bits per heavy atom. The van der Waals surface area contributed by atoms with Gasteiger partial charge in [-0.25, -0.2) is 4.98 Å². The van der Waals surface area contributed by atoms with E-state index in [1.54, 1.807) is 18.2 Å². The summed E-state index contributed by atoms with van der Waals surface area (Å²) in [5.41, 5.74) is 11.7. The highest BCUT2D eigenvalue weighted by Gasteiger charge is 2.54. The number of phenolic OH excluding ortho intramolecular Hbond substituents is 1. The molecule has 2 amide bonds. The molecule has 4 aromatic rings. The molecule has 2 bridgehead atoms. The van der Waals surface area contributed by atoms with Gasteiger partial charge in [0.25, 0.3) is 0 Å². The van der Waals surface area contributed by atoms with Crippen molar-refractivity contribution in [1.82, 2.24) is 4.98 Å². The van der Waals surface area contributed by atoms with Gasteiger partial charge >= 0.3 is 0 Å². The number of phenols is 1. The molecule has 3 aromatic carbocycles. The molecule has 1 aromatic heterocycles. The van der Waals surface area contributed by atoms with Crippen molar-refractivity contribution in [2.45, 2.75) is 31.6 Å². The maximum atomic E-state index is 13.9. The smallest absolute Gasteiger partial charge is 0.249 e. The molecule has 7 heteroatoms. The minimum absolute atomic E-state index is 0.0762. The Morgan fingerprint density at radius 2 is 1.78 bits per heavy atom. The Hall–Kier alpha value is -3.97. The lowest BCUT2D eigenvalue weighted by atomic mass is 9.52. The number of thiazole rings is 1. The molecule has 0 spiro atoms. The zero-order chi connectivity index (χ0) is 25.0. The Balaban J connectivity index is 1.32. The van der Waals surface area contributed by atoms with Gasteiger partial charge in [0.15, 0.2) is 5.13 Å². The van der Waals surface area contributed by atoms with E-state index in [4.69, 9.17) is 5.73 Å². The number of hydrogen-bond donors (Lipinski definition) is 3. The molecule has 4 N–H and O–H groups in total. The standard InChI is InChI=1S/C29H25N3O3S/c1-29(27(35)32-28-31-17(15-36-28)13-16-9-11-18(33)12-10-16)14-23-19-5-2-3-6-20(19)25(29)21-7-4-8-22(24(21)23)26(30)34/h2-12,15,23,25,33H,13-14H2,1H3,(H2,30,34)(H,31,32,35). The van der Waals surface area contributed by atoms with Crippen LogP contribution in [-0.2, 0) is 11.2 Å². The van der Waals surface area contributed by atoms with Gasteiger partial charge in [-0.1, -0.05) is 48.5 Å². The van der Waals surface area contributed by atoms with E-state index >= 15 is 0 Å². The molecule has 3 atom stereocenters. The molecule has 3 aliphatic carbocycles. The summed E-state index contributed by atoms with van der Waals surface area (Å²) < 4.78 is 0. The van der Waals surface area contributed by atoms with E-state index < -0.39 is 11.3 Å². The number of amides is 2. The number of aromatic hydroxyl groups is 1. The van der Waals surface area contributed by atoms with Gasteiger partial charge in [-0.2, -0.15) is 0 Å². The number of carbonyl (C=O) groups is 2. The number of nitrogens with one attached hydrogen (secondary N) is 1. The van der Waals surface area contributed by atoms with Crippen molar-refractivity contribution >= 4 is 28.3 Å². The molecule has 3 unspecified atom stereocenters. The van der Waals surface area contributed by atoms with Crippen LogP contribution in [-0.4, -0.2) is 21.9 Å². The summed E-state index contributed by atoms with van der Waals surface area (Å²) in [6.45, 7) is 2.01. The first-order valence-corrected chi connectivity index (χ1v) is 12.8. The number of anilines is 1. The number of nitrogens with zero attached hydrogens (tertiary/aromatic N) is 1. The number of nitrogens with two attached hydrogens (primary N) is 1. The number of benzene rings is 3. The number of rotatable bonds is 5. The predicted molar refractivity (Wildman–Crippen MR) is 139 cm³/mol. The molecule has 0 saturated carbocycles.